The fourth-order valence-corrected chi connectivity index (χ4v) is 3.31. The number of hydrogen-bond acceptors (Lipinski definition) is 2. The van der Waals surface area contributed by atoms with Crippen LogP contribution < -0.4 is 5.73 Å². The fourth-order valence-electron chi connectivity index (χ4n) is 3.14. The SMILES string of the molecule is CCCn1c(C2CCC(N)C2)nc2cc(Cl)ccc21. The van der Waals surface area contributed by atoms with E-state index in [9.17, 15) is 0 Å². The lowest BCUT2D eigenvalue weighted by molar-refractivity contribution is 0.577. The van der Waals surface area contributed by atoms with Crippen molar-refractivity contribution in [2.45, 2.75) is 51.1 Å². The molecule has 4 heteroatoms. The van der Waals surface area contributed by atoms with Gasteiger partial charge in [0.2, 0.25) is 0 Å². The standard InChI is InChI=1S/C15H20ClN3/c1-2-7-19-14-6-4-11(16)9-13(14)18-15(19)10-3-5-12(17)8-10/h4,6,9-10,12H,2-3,5,7-8,17H2,1H3. The molecule has 19 heavy (non-hydrogen) atoms. The number of halogens is 1. The van der Waals surface area contributed by atoms with Crippen molar-refractivity contribution >= 4 is 22.6 Å². The van der Waals surface area contributed by atoms with Gasteiger partial charge in [0, 0.05) is 23.5 Å². The van der Waals surface area contributed by atoms with E-state index in [1.807, 2.05) is 12.1 Å². The predicted octanol–water partition coefficient (Wildman–Crippen LogP) is 3.69. The number of nitrogens with two attached hydrogens (primary N) is 1. The van der Waals surface area contributed by atoms with Gasteiger partial charge in [0.25, 0.3) is 0 Å². The number of aromatic nitrogens is 2. The van der Waals surface area contributed by atoms with Gasteiger partial charge in [-0.05, 0) is 43.9 Å². The molecule has 1 aromatic carbocycles. The van der Waals surface area contributed by atoms with Gasteiger partial charge < -0.3 is 10.3 Å². The molecule has 0 spiro atoms. The van der Waals surface area contributed by atoms with Gasteiger partial charge >= 0.3 is 0 Å². The van der Waals surface area contributed by atoms with E-state index in [1.54, 1.807) is 0 Å². The monoisotopic (exact) mass is 277 g/mol. The Balaban J connectivity index is 2.09. The van der Waals surface area contributed by atoms with Crippen molar-refractivity contribution in [1.82, 2.24) is 9.55 Å². The van der Waals surface area contributed by atoms with Crippen LogP contribution in [0.3, 0.4) is 0 Å². The highest BCUT2D eigenvalue weighted by Crippen LogP contribution is 2.35. The van der Waals surface area contributed by atoms with Gasteiger partial charge in [0.1, 0.15) is 5.82 Å². The van der Waals surface area contributed by atoms with Crippen LogP contribution in [0.25, 0.3) is 11.0 Å². The summed E-state index contributed by atoms with van der Waals surface area (Å²) in [6, 6.07) is 6.32. The van der Waals surface area contributed by atoms with E-state index in [-0.39, 0.29) is 0 Å². The summed E-state index contributed by atoms with van der Waals surface area (Å²) in [4.78, 5) is 4.83. The summed E-state index contributed by atoms with van der Waals surface area (Å²) in [5, 5.41) is 0.753. The van der Waals surface area contributed by atoms with Crippen molar-refractivity contribution in [2.24, 2.45) is 5.73 Å². The van der Waals surface area contributed by atoms with Gasteiger partial charge in [-0.3, -0.25) is 0 Å². The second-order valence-corrected chi connectivity index (χ2v) is 5.96. The largest absolute Gasteiger partial charge is 0.328 e. The summed E-state index contributed by atoms with van der Waals surface area (Å²) in [7, 11) is 0. The Bertz CT molecular complexity index is 590. The van der Waals surface area contributed by atoms with Crippen LogP contribution in [0.15, 0.2) is 18.2 Å². The zero-order valence-electron chi connectivity index (χ0n) is 11.3. The van der Waals surface area contributed by atoms with E-state index in [0.717, 1.165) is 42.8 Å². The topological polar surface area (TPSA) is 43.8 Å². The smallest absolute Gasteiger partial charge is 0.113 e. The second kappa shape index (κ2) is 5.14. The average Bonchev–Trinajstić information content (AvgIpc) is 2.94. The first kappa shape index (κ1) is 12.9. The minimum Gasteiger partial charge on any atom is -0.328 e. The van der Waals surface area contributed by atoms with Crippen LogP contribution in [0.5, 0.6) is 0 Å². The normalized spacial score (nSPS) is 23.3. The maximum absolute atomic E-state index is 6.07. The highest BCUT2D eigenvalue weighted by Gasteiger charge is 2.27. The highest BCUT2D eigenvalue weighted by molar-refractivity contribution is 6.31. The number of imidazole rings is 1. The van der Waals surface area contributed by atoms with Crippen LogP contribution in [0, 0.1) is 0 Å². The third-order valence-electron chi connectivity index (χ3n) is 4.03. The molecule has 102 valence electrons. The Morgan fingerprint density at radius 1 is 1.42 bits per heavy atom. The van der Waals surface area contributed by atoms with Gasteiger partial charge in [-0.25, -0.2) is 4.98 Å². The van der Waals surface area contributed by atoms with Crippen molar-refractivity contribution in [2.75, 3.05) is 0 Å². The summed E-state index contributed by atoms with van der Waals surface area (Å²) in [5.41, 5.74) is 8.25. The summed E-state index contributed by atoms with van der Waals surface area (Å²) in [6.45, 7) is 3.21. The summed E-state index contributed by atoms with van der Waals surface area (Å²) in [6.07, 6.45) is 4.43. The lowest BCUT2D eigenvalue weighted by Gasteiger charge is -2.13. The molecule has 1 fully saturated rings. The number of hydrogen-bond donors (Lipinski definition) is 1. The van der Waals surface area contributed by atoms with E-state index in [4.69, 9.17) is 22.3 Å². The number of nitrogens with zero attached hydrogens (tertiary/aromatic N) is 2. The molecule has 2 atom stereocenters. The van der Waals surface area contributed by atoms with Crippen LogP contribution >= 0.6 is 11.6 Å². The van der Waals surface area contributed by atoms with Crippen molar-refractivity contribution in [3.8, 4) is 0 Å². The minimum absolute atomic E-state index is 0.337. The summed E-state index contributed by atoms with van der Waals surface area (Å²) >= 11 is 6.07. The Labute approximate surface area is 118 Å². The Kier molecular flexibility index (Phi) is 3.50. The van der Waals surface area contributed by atoms with Crippen LogP contribution in [0.2, 0.25) is 5.02 Å². The Hall–Kier alpha value is -1.06. The lowest BCUT2D eigenvalue weighted by atomic mass is 10.1. The van der Waals surface area contributed by atoms with E-state index >= 15 is 0 Å². The van der Waals surface area contributed by atoms with E-state index in [0.29, 0.717) is 12.0 Å². The molecule has 0 radical (unpaired) electrons. The van der Waals surface area contributed by atoms with E-state index < -0.39 is 0 Å². The van der Waals surface area contributed by atoms with Gasteiger partial charge in [0.15, 0.2) is 0 Å². The molecule has 1 saturated carbocycles. The molecule has 0 saturated heterocycles. The van der Waals surface area contributed by atoms with Crippen molar-refractivity contribution in [3.63, 3.8) is 0 Å². The van der Waals surface area contributed by atoms with Crippen molar-refractivity contribution in [3.05, 3.63) is 29.0 Å². The first-order valence-electron chi connectivity index (χ1n) is 7.10. The van der Waals surface area contributed by atoms with Crippen LogP contribution in [-0.2, 0) is 6.54 Å². The number of aryl methyl sites for hydroxylation is 1. The molecular formula is C15H20ClN3. The molecule has 0 aliphatic heterocycles. The molecule has 2 N–H and O–H groups in total. The zero-order chi connectivity index (χ0) is 13.4. The first-order valence-corrected chi connectivity index (χ1v) is 7.48. The maximum Gasteiger partial charge on any atom is 0.113 e. The molecule has 0 amide bonds. The predicted molar refractivity (Wildman–Crippen MR) is 79.6 cm³/mol. The molecule has 3 nitrogen and oxygen atoms in total. The fraction of sp³-hybridized carbons (Fsp3) is 0.533. The van der Waals surface area contributed by atoms with Crippen LogP contribution in [-0.4, -0.2) is 15.6 Å². The Morgan fingerprint density at radius 3 is 2.95 bits per heavy atom. The molecule has 3 rings (SSSR count). The first-order chi connectivity index (χ1) is 9.19. The molecule has 1 heterocycles. The van der Waals surface area contributed by atoms with Gasteiger partial charge in [-0.15, -0.1) is 0 Å². The van der Waals surface area contributed by atoms with Crippen LogP contribution in [0.4, 0.5) is 0 Å². The summed E-state index contributed by atoms with van der Waals surface area (Å²) in [5.74, 6) is 1.71. The lowest BCUT2D eigenvalue weighted by Crippen LogP contribution is -2.15. The molecule has 2 aromatic rings. The Morgan fingerprint density at radius 2 is 2.26 bits per heavy atom. The zero-order valence-corrected chi connectivity index (χ0v) is 12.0. The minimum atomic E-state index is 0.337. The molecular weight excluding hydrogens is 258 g/mol. The van der Waals surface area contributed by atoms with Gasteiger partial charge in [-0.1, -0.05) is 18.5 Å². The van der Waals surface area contributed by atoms with Gasteiger partial charge in [-0.2, -0.15) is 0 Å². The molecule has 1 aromatic heterocycles. The second-order valence-electron chi connectivity index (χ2n) is 5.52. The third-order valence-corrected chi connectivity index (χ3v) is 4.26. The quantitative estimate of drug-likeness (QED) is 0.930. The van der Waals surface area contributed by atoms with E-state index in [2.05, 4.69) is 17.6 Å². The van der Waals surface area contributed by atoms with E-state index in [1.165, 1.54) is 11.3 Å². The third kappa shape index (κ3) is 2.37. The summed E-state index contributed by atoms with van der Waals surface area (Å²) < 4.78 is 2.36. The molecule has 0 bridgehead atoms. The van der Waals surface area contributed by atoms with Gasteiger partial charge in [0.05, 0.1) is 11.0 Å². The molecule has 1 aliphatic carbocycles. The number of benzene rings is 1. The average molecular weight is 278 g/mol. The molecule has 2 unspecified atom stereocenters. The van der Waals surface area contributed by atoms with Crippen molar-refractivity contribution < 1.29 is 0 Å². The highest BCUT2D eigenvalue weighted by atomic mass is 35.5. The maximum atomic E-state index is 6.07. The van der Waals surface area contributed by atoms with Crippen LogP contribution in [0.1, 0.15) is 44.3 Å². The number of rotatable bonds is 3. The number of fused-ring (bicyclic) bond motifs is 1. The van der Waals surface area contributed by atoms with Crippen molar-refractivity contribution in [1.29, 1.82) is 0 Å². The molecule has 1 aliphatic rings.